The van der Waals surface area contributed by atoms with Crippen molar-refractivity contribution in [1.82, 2.24) is 15.2 Å². The van der Waals surface area contributed by atoms with Crippen molar-refractivity contribution < 1.29 is 19.1 Å². The fourth-order valence-electron chi connectivity index (χ4n) is 4.32. The standard InChI is InChI=1S/C23H28N4O4/c1-24-22(29)23(20-6-2-3-10-25-20)9-4-11-27(16-23)15-21(28)26-17-7-8-18-19(14-17)31-13-5-12-30-18/h2-3,6-8,10,14H,4-5,9,11-13,15-16H2,1H3,(H,24,29)(H,26,28)/t23-/m1/s1. The van der Waals surface area contributed by atoms with Crippen LogP contribution in [0.3, 0.4) is 0 Å². The molecule has 0 saturated carbocycles. The second-order valence-corrected chi connectivity index (χ2v) is 7.95. The summed E-state index contributed by atoms with van der Waals surface area (Å²) in [4.78, 5) is 32.1. The number of hydrogen-bond donors (Lipinski definition) is 2. The molecule has 0 bridgehead atoms. The van der Waals surface area contributed by atoms with Crippen LogP contribution in [-0.4, -0.2) is 61.6 Å². The van der Waals surface area contributed by atoms with Crippen molar-refractivity contribution in [3.8, 4) is 11.5 Å². The van der Waals surface area contributed by atoms with Gasteiger partial charge in [0.15, 0.2) is 11.5 Å². The first-order valence-corrected chi connectivity index (χ1v) is 10.7. The molecular formula is C23H28N4O4. The van der Waals surface area contributed by atoms with E-state index in [1.54, 1.807) is 19.3 Å². The van der Waals surface area contributed by atoms with Gasteiger partial charge in [0, 0.05) is 38.0 Å². The predicted octanol–water partition coefficient (Wildman–Crippen LogP) is 1.96. The molecule has 0 aliphatic carbocycles. The Labute approximate surface area is 181 Å². The van der Waals surface area contributed by atoms with Crippen molar-refractivity contribution in [3.05, 3.63) is 48.3 Å². The molecule has 2 aliphatic rings. The Hall–Kier alpha value is -3.13. The molecule has 2 aliphatic heterocycles. The quantitative estimate of drug-likeness (QED) is 0.762. The molecule has 0 unspecified atom stereocenters. The van der Waals surface area contributed by atoms with Gasteiger partial charge in [-0.05, 0) is 43.7 Å². The molecule has 3 heterocycles. The zero-order chi connectivity index (χ0) is 21.7. The maximum atomic E-state index is 12.9. The van der Waals surface area contributed by atoms with E-state index >= 15 is 0 Å². The highest BCUT2D eigenvalue weighted by atomic mass is 16.5. The lowest BCUT2D eigenvalue weighted by Crippen LogP contribution is -2.55. The molecule has 31 heavy (non-hydrogen) atoms. The van der Waals surface area contributed by atoms with Crippen LogP contribution in [0, 0.1) is 0 Å². The molecule has 8 nitrogen and oxygen atoms in total. The number of likely N-dealkylation sites (tertiary alicyclic amines) is 1. The number of carbonyl (C=O) groups is 2. The zero-order valence-electron chi connectivity index (χ0n) is 17.7. The number of benzene rings is 1. The molecule has 2 amide bonds. The van der Waals surface area contributed by atoms with Crippen LogP contribution >= 0.6 is 0 Å². The predicted molar refractivity (Wildman–Crippen MR) is 116 cm³/mol. The second-order valence-electron chi connectivity index (χ2n) is 7.95. The van der Waals surface area contributed by atoms with Crippen LogP contribution in [0.2, 0.25) is 0 Å². The number of pyridine rings is 1. The number of nitrogens with zero attached hydrogens (tertiary/aromatic N) is 2. The number of likely N-dealkylation sites (N-methyl/N-ethyl adjacent to an activating group) is 1. The Morgan fingerprint density at radius 1 is 1.13 bits per heavy atom. The van der Waals surface area contributed by atoms with Gasteiger partial charge in [-0.15, -0.1) is 0 Å². The van der Waals surface area contributed by atoms with Crippen molar-refractivity contribution in [2.45, 2.75) is 24.7 Å². The van der Waals surface area contributed by atoms with Gasteiger partial charge < -0.3 is 20.1 Å². The molecule has 0 radical (unpaired) electrons. The lowest BCUT2D eigenvalue weighted by molar-refractivity contribution is -0.130. The molecule has 2 aromatic rings. The minimum atomic E-state index is -0.760. The molecular weight excluding hydrogens is 396 g/mol. The van der Waals surface area contributed by atoms with Crippen LogP contribution in [0.5, 0.6) is 11.5 Å². The fraction of sp³-hybridized carbons (Fsp3) is 0.435. The number of carbonyl (C=O) groups excluding carboxylic acids is 2. The van der Waals surface area contributed by atoms with Crippen LogP contribution in [0.25, 0.3) is 0 Å². The molecule has 1 saturated heterocycles. The smallest absolute Gasteiger partial charge is 0.238 e. The summed E-state index contributed by atoms with van der Waals surface area (Å²) in [7, 11) is 1.64. The monoisotopic (exact) mass is 424 g/mol. The minimum Gasteiger partial charge on any atom is -0.490 e. The van der Waals surface area contributed by atoms with Crippen LogP contribution < -0.4 is 20.1 Å². The fourth-order valence-corrected chi connectivity index (χ4v) is 4.32. The summed E-state index contributed by atoms with van der Waals surface area (Å²) in [5.41, 5.74) is 0.639. The van der Waals surface area contributed by atoms with E-state index < -0.39 is 5.41 Å². The van der Waals surface area contributed by atoms with Gasteiger partial charge >= 0.3 is 0 Å². The van der Waals surface area contributed by atoms with Gasteiger partial charge in [0.1, 0.15) is 5.41 Å². The van der Waals surface area contributed by atoms with Crippen LogP contribution in [0.1, 0.15) is 25.0 Å². The van der Waals surface area contributed by atoms with E-state index in [4.69, 9.17) is 9.47 Å². The lowest BCUT2D eigenvalue weighted by Gasteiger charge is -2.40. The highest BCUT2D eigenvalue weighted by Crippen LogP contribution is 2.34. The molecule has 4 rings (SSSR count). The number of hydrogen-bond acceptors (Lipinski definition) is 6. The van der Waals surface area contributed by atoms with E-state index in [-0.39, 0.29) is 18.4 Å². The number of piperidine rings is 1. The highest BCUT2D eigenvalue weighted by molar-refractivity contribution is 5.93. The Kier molecular flexibility index (Phi) is 6.36. The summed E-state index contributed by atoms with van der Waals surface area (Å²) < 4.78 is 11.3. The van der Waals surface area contributed by atoms with Crippen molar-refractivity contribution >= 4 is 17.5 Å². The molecule has 164 valence electrons. The van der Waals surface area contributed by atoms with Gasteiger partial charge in [-0.25, -0.2) is 0 Å². The second kappa shape index (κ2) is 9.34. The molecule has 8 heteroatoms. The van der Waals surface area contributed by atoms with E-state index in [9.17, 15) is 9.59 Å². The van der Waals surface area contributed by atoms with Gasteiger partial charge in [0.2, 0.25) is 11.8 Å². The maximum Gasteiger partial charge on any atom is 0.238 e. The van der Waals surface area contributed by atoms with Crippen molar-refractivity contribution in [2.75, 3.05) is 45.2 Å². The van der Waals surface area contributed by atoms with Crippen LogP contribution in [0.4, 0.5) is 5.69 Å². The third-order valence-corrected chi connectivity index (χ3v) is 5.79. The first kappa shape index (κ1) is 21.1. The first-order chi connectivity index (χ1) is 15.1. The maximum absolute atomic E-state index is 12.9. The Morgan fingerprint density at radius 2 is 1.97 bits per heavy atom. The number of rotatable bonds is 5. The zero-order valence-corrected chi connectivity index (χ0v) is 17.7. The molecule has 1 aromatic carbocycles. The molecule has 1 fully saturated rings. The topological polar surface area (TPSA) is 92.8 Å². The lowest BCUT2D eigenvalue weighted by atomic mass is 9.75. The van der Waals surface area contributed by atoms with E-state index in [1.165, 1.54) is 0 Å². The van der Waals surface area contributed by atoms with Crippen molar-refractivity contribution in [1.29, 1.82) is 0 Å². The summed E-state index contributed by atoms with van der Waals surface area (Å²) in [5.74, 6) is 1.13. The molecule has 2 N–H and O–H groups in total. The van der Waals surface area contributed by atoms with Crippen LogP contribution in [0.15, 0.2) is 42.6 Å². The Balaban J connectivity index is 1.45. The van der Waals surface area contributed by atoms with E-state index in [2.05, 4.69) is 15.6 Å². The Morgan fingerprint density at radius 3 is 2.74 bits per heavy atom. The number of fused-ring (bicyclic) bond motifs is 1. The summed E-state index contributed by atoms with van der Waals surface area (Å²) in [6, 6.07) is 11.0. The average Bonchev–Trinajstić information content (AvgIpc) is 3.04. The average molecular weight is 425 g/mol. The number of aromatic nitrogens is 1. The van der Waals surface area contributed by atoms with E-state index in [0.29, 0.717) is 43.4 Å². The Bertz CT molecular complexity index is 936. The van der Waals surface area contributed by atoms with Gasteiger partial charge in [0.05, 0.1) is 25.5 Å². The minimum absolute atomic E-state index is 0.0702. The summed E-state index contributed by atoms with van der Waals surface area (Å²) in [6.07, 6.45) is 4.04. The van der Waals surface area contributed by atoms with Crippen LogP contribution in [-0.2, 0) is 15.0 Å². The van der Waals surface area contributed by atoms with Crippen molar-refractivity contribution in [3.63, 3.8) is 0 Å². The molecule has 1 aromatic heterocycles. The van der Waals surface area contributed by atoms with Gasteiger partial charge in [-0.1, -0.05) is 6.07 Å². The summed E-state index contributed by atoms with van der Waals surface area (Å²) in [6.45, 7) is 2.60. The normalized spacial score (nSPS) is 21.1. The van der Waals surface area contributed by atoms with E-state index in [1.807, 2.05) is 35.2 Å². The third kappa shape index (κ3) is 4.64. The number of amides is 2. The highest BCUT2D eigenvalue weighted by Gasteiger charge is 2.44. The van der Waals surface area contributed by atoms with Gasteiger partial charge in [-0.2, -0.15) is 0 Å². The number of anilines is 1. The summed E-state index contributed by atoms with van der Waals surface area (Å²) in [5, 5.41) is 5.73. The van der Waals surface area contributed by atoms with Gasteiger partial charge in [0.25, 0.3) is 0 Å². The summed E-state index contributed by atoms with van der Waals surface area (Å²) >= 11 is 0. The van der Waals surface area contributed by atoms with Crippen molar-refractivity contribution in [2.24, 2.45) is 0 Å². The van der Waals surface area contributed by atoms with Gasteiger partial charge in [-0.3, -0.25) is 19.5 Å². The van der Waals surface area contributed by atoms with E-state index in [0.717, 1.165) is 25.1 Å². The SMILES string of the molecule is CNC(=O)[C@]1(c2ccccn2)CCCN(CC(=O)Nc2ccc3c(c2)OCCCO3)C1. The number of ether oxygens (including phenoxy) is 2. The molecule has 1 atom stereocenters. The third-order valence-electron chi connectivity index (χ3n) is 5.79. The number of nitrogens with one attached hydrogen (secondary N) is 2. The first-order valence-electron chi connectivity index (χ1n) is 10.7. The largest absolute Gasteiger partial charge is 0.490 e. The molecule has 0 spiro atoms.